The highest BCUT2D eigenvalue weighted by molar-refractivity contribution is 4.86. The second-order valence-corrected chi connectivity index (χ2v) is 6.90. The van der Waals surface area contributed by atoms with Crippen molar-refractivity contribution in [2.45, 2.75) is 66.2 Å². The van der Waals surface area contributed by atoms with Gasteiger partial charge in [0.25, 0.3) is 0 Å². The van der Waals surface area contributed by atoms with Crippen LogP contribution in [0.2, 0.25) is 0 Å². The molecule has 0 saturated heterocycles. The molecule has 1 N–H and O–H groups in total. The SMILES string of the molecule is CCN(CC)CC1(CNCC(C)C)CCCCCC1. The van der Waals surface area contributed by atoms with E-state index in [4.69, 9.17) is 0 Å². The van der Waals surface area contributed by atoms with Crippen LogP contribution in [0.5, 0.6) is 0 Å². The zero-order valence-corrected chi connectivity index (χ0v) is 13.8. The summed E-state index contributed by atoms with van der Waals surface area (Å²) in [6, 6.07) is 0. The Hall–Kier alpha value is -0.0800. The van der Waals surface area contributed by atoms with Gasteiger partial charge in [0.2, 0.25) is 0 Å². The van der Waals surface area contributed by atoms with E-state index < -0.39 is 0 Å². The fourth-order valence-corrected chi connectivity index (χ4v) is 3.42. The maximum atomic E-state index is 3.75. The summed E-state index contributed by atoms with van der Waals surface area (Å²) in [5.41, 5.74) is 0.539. The molecule has 0 unspecified atom stereocenters. The van der Waals surface area contributed by atoms with Crippen LogP contribution in [0, 0.1) is 11.3 Å². The summed E-state index contributed by atoms with van der Waals surface area (Å²) in [7, 11) is 0. The molecular weight excluding hydrogens is 232 g/mol. The van der Waals surface area contributed by atoms with Gasteiger partial charge in [0.1, 0.15) is 0 Å². The van der Waals surface area contributed by atoms with Crippen molar-refractivity contribution < 1.29 is 0 Å². The zero-order valence-electron chi connectivity index (χ0n) is 13.8. The van der Waals surface area contributed by atoms with E-state index in [1.54, 1.807) is 0 Å². The highest BCUT2D eigenvalue weighted by Gasteiger charge is 2.31. The van der Waals surface area contributed by atoms with E-state index in [9.17, 15) is 0 Å². The molecule has 1 aliphatic rings. The minimum atomic E-state index is 0.539. The maximum Gasteiger partial charge on any atom is 0.00499 e. The van der Waals surface area contributed by atoms with Gasteiger partial charge in [-0.05, 0) is 43.8 Å². The molecule has 0 amide bonds. The van der Waals surface area contributed by atoms with E-state index >= 15 is 0 Å². The van der Waals surface area contributed by atoms with Crippen LogP contribution in [-0.2, 0) is 0 Å². The van der Waals surface area contributed by atoms with Crippen molar-refractivity contribution in [1.82, 2.24) is 10.2 Å². The summed E-state index contributed by atoms with van der Waals surface area (Å²) < 4.78 is 0. The molecule has 0 atom stereocenters. The van der Waals surface area contributed by atoms with Crippen molar-refractivity contribution in [3.8, 4) is 0 Å². The van der Waals surface area contributed by atoms with Gasteiger partial charge in [-0.15, -0.1) is 0 Å². The first-order valence-corrected chi connectivity index (χ1v) is 8.55. The van der Waals surface area contributed by atoms with E-state index in [-0.39, 0.29) is 0 Å². The van der Waals surface area contributed by atoms with Crippen LogP contribution in [0.3, 0.4) is 0 Å². The van der Waals surface area contributed by atoms with Gasteiger partial charge in [0.05, 0.1) is 0 Å². The Morgan fingerprint density at radius 1 is 1.00 bits per heavy atom. The van der Waals surface area contributed by atoms with E-state index in [0.29, 0.717) is 5.41 Å². The van der Waals surface area contributed by atoms with E-state index in [1.807, 2.05) is 0 Å². The minimum absolute atomic E-state index is 0.539. The number of rotatable bonds is 8. The molecule has 0 aromatic rings. The van der Waals surface area contributed by atoms with Crippen LogP contribution in [0.4, 0.5) is 0 Å². The summed E-state index contributed by atoms with van der Waals surface area (Å²) in [6.45, 7) is 15.3. The van der Waals surface area contributed by atoms with Gasteiger partial charge in [0.15, 0.2) is 0 Å². The van der Waals surface area contributed by atoms with Crippen molar-refractivity contribution in [2.75, 3.05) is 32.7 Å². The summed E-state index contributed by atoms with van der Waals surface area (Å²) >= 11 is 0. The van der Waals surface area contributed by atoms with Crippen molar-refractivity contribution in [3.05, 3.63) is 0 Å². The largest absolute Gasteiger partial charge is 0.316 e. The Bertz CT molecular complexity index is 213. The van der Waals surface area contributed by atoms with Gasteiger partial charge in [-0.25, -0.2) is 0 Å². The van der Waals surface area contributed by atoms with E-state index in [1.165, 1.54) is 71.2 Å². The quantitative estimate of drug-likeness (QED) is 0.671. The molecule has 0 heterocycles. The Labute approximate surface area is 121 Å². The molecule has 0 aromatic carbocycles. The molecule has 0 aliphatic heterocycles. The van der Waals surface area contributed by atoms with Gasteiger partial charge in [-0.1, -0.05) is 53.4 Å². The Morgan fingerprint density at radius 3 is 2.05 bits per heavy atom. The lowest BCUT2D eigenvalue weighted by Gasteiger charge is -2.38. The minimum Gasteiger partial charge on any atom is -0.316 e. The van der Waals surface area contributed by atoms with Gasteiger partial charge < -0.3 is 10.2 Å². The summed E-state index contributed by atoms with van der Waals surface area (Å²) in [5, 5.41) is 3.75. The van der Waals surface area contributed by atoms with Crippen molar-refractivity contribution >= 4 is 0 Å². The fourth-order valence-electron chi connectivity index (χ4n) is 3.42. The first-order valence-electron chi connectivity index (χ1n) is 8.55. The highest BCUT2D eigenvalue weighted by Crippen LogP contribution is 2.35. The third kappa shape index (κ3) is 6.27. The first-order chi connectivity index (χ1) is 9.12. The number of nitrogens with one attached hydrogen (secondary N) is 1. The van der Waals surface area contributed by atoms with E-state index in [2.05, 4.69) is 37.9 Å². The molecule has 114 valence electrons. The highest BCUT2D eigenvalue weighted by atomic mass is 15.1. The summed E-state index contributed by atoms with van der Waals surface area (Å²) in [5.74, 6) is 0.760. The van der Waals surface area contributed by atoms with Crippen LogP contribution >= 0.6 is 0 Å². The molecule has 1 saturated carbocycles. The van der Waals surface area contributed by atoms with Crippen LogP contribution < -0.4 is 5.32 Å². The van der Waals surface area contributed by atoms with Crippen LogP contribution in [0.15, 0.2) is 0 Å². The monoisotopic (exact) mass is 268 g/mol. The van der Waals surface area contributed by atoms with Crippen molar-refractivity contribution in [3.63, 3.8) is 0 Å². The smallest absolute Gasteiger partial charge is 0.00499 e. The fraction of sp³-hybridized carbons (Fsp3) is 1.00. The lowest BCUT2D eigenvalue weighted by molar-refractivity contribution is 0.134. The Kier molecular flexibility index (Phi) is 8.01. The average Bonchev–Trinajstić information content (AvgIpc) is 2.62. The van der Waals surface area contributed by atoms with Gasteiger partial charge in [0, 0.05) is 13.1 Å². The molecule has 2 heteroatoms. The van der Waals surface area contributed by atoms with Gasteiger partial charge in [-0.3, -0.25) is 0 Å². The molecule has 1 fully saturated rings. The topological polar surface area (TPSA) is 15.3 Å². The molecule has 1 aliphatic carbocycles. The molecule has 0 aromatic heterocycles. The Morgan fingerprint density at radius 2 is 1.58 bits per heavy atom. The molecule has 1 rings (SSSR count). The predicted octanol–water partition coefficient (Wildman–Crippen LogP) is 3.91. The normalized spacial score (nSPS) is 19.9. The van der Waals surface area contributed by atoms with Crippen LogP contribution in [0.1, 0.15) is 66.2 Å². The molecule has 0 radical (unpaired) electrons. The summed E-state index contributed by atoms with van der Waals surface area (Å²) in [4.78, 5) is 2.63. The van der Waals surface area contributed by atoms with Gasteiger partial charge >= 0.3 is 0 Å². The second-order valence-electron chi connectivity index (χ2n) is 6.90. The number of nitrogens with zero attached hydrogens (tertiary/aromatic N) is 1. The standard InChI is InChI=1S/C17H36N2/c1-5-19(6-2)15-17(14-18-13-16(3)4)11-9-7-8-10-12-17/h16,18H,5-15H2,1-4H3. The molecule has 0 bridgehead atoms. The number of hydrogen-bond donors (Lipinski definition) is 1. The zero-order chi connectivity index (χ0) is 14.1. The first kappa shape index (κ1) is 17.0. The molecule has 2 nitrogen and oxygen atoms in total. The van der Waals surface area contributed by atoms with Crippen LogP contribution in [0.25, 0.3) is 0 Å². The van der Waals surface area contributed by atoms with Crippen molar-refractivity contribution in [2.24, 2.45) is 11.3 Å². The second kappa shape index (κ2) is 8.97. The predicted molar refractivity (Wildman–Crippen MR) is 85.6 cm³/mol. The van der Waals surface area contributed by atoms with Crippen molar-refractivity contribution in [1.29, 1.82) is 0 Å². The molecular formula is C17H36N2. The average molecular weight is 268 g/mol. The molecule has 19 heavy (non-hydrogen) atoms. The third-order valence-electron chi connectivity index (χ3n) is 4.67. The number of hydrogen-bond acceptors (Lipinski definition) is 2. The maximum absolute atomic E-state index is 3.75. The lowest BCUT2D eigenvalue weighted by atomic mass is 9.79. The van der Waals surface area contributed by atoms with Gasteiger partial charge in [-0.2, -0.15) is 0 Å². The lowest BCUT2D eigenvalue weighted by Crippen LogP contribution is -2.44. The van der Waals surface area contributed by atoms with Crippen LogP contribution in [-0.4, -0.2) is 37.6 Å². The third-order valence-corrected chi connectivity index (χ3v) is 4.67. The van der Waals surface area contributed by atoms with E-state index in [0.717, 1.165) is 5.92 Å². The Balaban J connectivity index is 2.59. The molecule has 0 spiro atoms. The summed E-state index contributed by atoms with van der Waals surface area (Å²) in [6.07, 6.45) is 8.62.